The fraction of sp³-hybridized carbons (Fsp3) is 0.611. The molecule has 0 unspecified atom stereocenters. The second-order valence-electron chi connectivity index (χ2n) is 6.16. The van der Waals surface area contributed by atoms with Crippen molar-refractivity contribution in [2.75, 3.05) is 19.6 Å². The average molecular weight is 286 g/mol. The highest BCUT2D eigenvalue weighted by Gasteiger charge is 2.39. The van der Waals surface area contributed by atoms with E-state index in [9.17, 15) is 4.79 Å². The Bertz CT molecular complexity index is 510. The van der Waals surface area contributed by atoms with E-state index in [-0.39, 0.29) is 6.04 Å². The second-order valence-corrected chi connectivity index (χ2v) is 6.16. The van der Waals surface area contributed by atoms with Crippen LogP contribution in [0, 0.1) is 0 Å². The molecule has 2 atom stereocenters. The first-order valence-corrected chi connectivity index (χ1v) is 8.38. The van der Waals surface area contributed by atoms with Gasteiger partial charge in [0.15, 0.2) is 0 Å². The highest BCUT2D eigenvalue weighted by Crippen LogP contribution is 2.37. The minimum Gasteiger partial charge on any atom is -0.334 e. The summed E-state index contributed by atoms with van der Waals surface area (Å²) in [5.41, 5.74) is 2.82. The van der Waals surface area contributed by atoms with Crippen LogP contribution in [0.15, 0.2) is 24.3 Å². The van der Waals surface area contributed by atoms with Crippen LogP contribution in [0.2, 0.25) is 0 Å². The number of amides is 1. The number of carbonyl (C=O) groups is 1. The quantitative estimate of drug-likeness (QED) is 0.849. The van der Waals surface area contributed by atoms with Crippen LogP contribution in [-0.2, 0) is 11.2 Å². The van der Waals surface area contributed by atoms with Crippen molar-refractivity contribution in [2.45, 2.75) is 51.6 Å². The maximum Gasteiger partial charge on any atom is 0.240 e. The fourth-order valence-electron chi connectivity index (χ4n) is 4.05. The molecule has 3 nitrogen and oxygen atoms in total. The molecule has 1 aliphatic heterocycles. The zero-order chi connectivity index (χ0) is 14.8. The molecule has 1 fully saturated rings. The third kappa shape index (κ3) is 2.59. The fourth-order valence-corrected chi connectivity index (χ4v) is 4.05. The first-order chi connectivity index (χ1) is 10.3. The van der Waals surface area contributed by atoms with Crippen LogP contribution >= 0.6 is 0 Å². The Kier molecular flexibility index (Phi) is 4.29. The molecule has 0 spiro atoms. The number of aryl methyl sites for hydroxylation is 1. The SMILES string of the molecule is CCN(CC)[C@@H]1CCN([C@@H]2CCCc3ccccc32)C1=O. The van der Waals surface area contributed by atoms with Gasteiger partial charge in [-0.3, -0.25) is 9.69 Å². The van der Waals surface area contributed by atoms with Gasteiger partial charge in [0, 0.05) is 6.54 Å². The van der Waals surface area contributed by atoms with Crippen molar-refractivity contribution in [2.24, 2.45) is 0 Å². The van der Waals surface area contributed by atoms with Crippen LogP contribution in [0.3, 0.4) is 0 Å². The van der Waals surface area contributed by atoms with E-state index in [0.29, 0.717) is 11.9 Å². The van der Waals surface area contributed by atoms with Gasteiger partial charge in [-0.15, -0.1) is 0 Å². The van der Waals surface area contributed by atoms with Gasteiger partial charge in [-0.05, 0) is 49.9 Å². The summed E-state index contributed by atoms with van der Waals surface area (Å²) in [5, 5.41) is 0. The van der Waals surface area contributed by atoms with E-state index in [0.717, 1.165) is 38.9 Å². The predicted molar refractivity (Wildman–Crippen MR) is 85.2 cm³/mol. The van der Waals surface area contributed by atoms with E-state index >= 15 is 0 Å². The Hall–Kier alpha value is -1.35. The van der Waals surface area contributed by atoms with E-state index < -0.39 is 0 Å². The lowest BCUT2D eigenvalue weighted by Gasteiger charge is -2.34. The molecule has 1 heterocycles. The van der Waals surface area contributed by atoms with Crippen molar-refractivity contribution in [1.82, 2.24) is 9.80 Å². The lowest BCUT2D eigenvalue weighted by atomic mass is 9.87. The molecule has 2 aliphatic rings. The van der Waals surface area contributed by atoms with Crippen LogP contribution in [0.25, 0.3) is 0 Å². The van der Waals surface area contributed by atoms with Crippen molar-refractivity contribution >= 4 is 5.91 Å². The molecule has 0 N–H and O–H groups in total. The molecule has 21 heavy (non-hydrogen) atoms. The Balaban J connectivity index is 1.82. The van der Waals surface area contributed by atoms with Crippen LogP contribution in [0.1, 0.15) is 50.3 Å². The molecular weight excluding hydrogens is 260 g/mol. The first kappa shape index (κ1) is 14.6. The summed E-state index contributed by atoms with van der Waals surface area (Å²) in [7, 11) is 0. The van der Waals surface area contributed by atoms with Gasteiger partial charge < -0.3 is 4.90 Å². The number of benzene rings is 1. The largest absolute Gasteiger partial charge is 0.334 e. The monoisotopic (exact) mass is 286 g/mol. The summed E-state index contributed by atoms with van der Waals surface area (Å²) < 4.78 is 0. The smallest absolute Gasteiger partial charge is 0.240 e. The van der Waals surface area contributed by atoms with Crippen molar-refractivity contribution in [3.63, 3.8) is 0 Å². The van der Waals surface area contributed by atoms with Gasteiger partial charge in [-0.1, -0.05) is 38.1 Å². The molecule has 0 bridgehead atoms. The zero-order valence-corrected chi connectivity index (χ0v) is 13.2. The number of nitrogens with zero attached hydrogens (tertiary/aromatic N) is 2. The summed E-state index contributed by atoms with van der Waals surface area (Å²) in [5.74, 6) is 0.348. The highest BCUT2D eigenvalue weighted by molar-refractivity contribution is 5.84. The molecule has 114 valence electrons. The third-order valence-electron chi connectivity index (χ3n) is 5.18. The number of hydrogen-bond acceptors (Lipinski definition) is 2. The third-order valence-corrected chi connectivity index (χ3v) is 5.18. The van der Waals surface area contributed by atoms with Gasteiger partial charge in [0.2, 0.25) is 5.91 Å². The minimum absolute atomic E-state index is 0.106. The number of hydrogen-bond donors (Lipinski definition) is 0. The van der Waals surface area contributed by atoms with E-state index in [1.165, 1.54) is 17.5 Å². The molecule has 0 radical (unpaired) electrons. The predicted octanol–water partition coefficient (Wildman–Crippen LogP) is 3.01. The van der Waals surface area contributed by atoms with Crippen molar-refractivity contribution in [1.29, 1.82) is 0 Å². The number of carbonyl (C=O) groups excluding carboxylic acids is 1. The van der Waals surface area contributed by atoms with E-state index in [4.69, 9.17) is 0 Å². The molecule has 1 saturated heterocycles. The van der Waals surface area contributed by atoms with Gasteiger partial charge in [0.1, 0.15) is 0 Å². The lowest BCUT2D eigenvalue weighted by molar-refractivity contribution is -0.134. The van der Waals surface area contributed by atoms with E-state index in [2.05, 4.69) is 47.9 Å². The minimum atomic E-state index is 0.106. The van der Waals surface area contributed by atoms with Crippen LogP contribution < -0.4 is 0 Å². The van der Waals surface area contributed by atoms with Crippen molar-refractivity contribution in [3.05, 3.63) is 35.4 Å². The molecule has 0 aromatic heterocycles. The number of likely N-dealkylation sites (N-methyl/N-ethyl adjacent to an activating group) is 1. The topological polar surface area (TPSA) is 23.6 Å². The van der Waals surface area contributed by atoms with Crippen molar-refractivity contribution in [3.8, 4) is 0 Å². The molecular formula is C18H26N2O. The molecule has 0 saturated carbocycles. The van der Waals surface area contributed by atoms with Crippen molar-refractivity contribution < 1.29 is 4.79 Å². The van der Waals surface area contributed by atoms with E-state index in [1.807, 2.05) is 0 Å². The lowest BCUT2D eigenvalue weighted by Crippen LogP contribution is -2.43. The summed E-state index contributed by atoms with van der Waals surface area (Å²) in [6, 6.07) is 9.09. The first-order valence-electron chi connectivity index (χ1n) is 8.38. The van der Waals surface area contributed by atoms with E-state index in [1.54, 1.807) is 0 Å². The van der Waals surface area contributed by atoms with Crippen LogP contribution in [-0.4, -0.2) is 41.4 Å². The Labute approximate surface area is 127 Å². The maximum absolute atomic E-state index is 12.9. The normalized spacial score (nSPS) is 25.5. The number of likely N-dealkylation sites (tertiary alicyclic amines) is 1. The number of fused-ring (bicyclic) bond motifs is 1. The standard InChI is InChI=1S/C18H26N2O/c1-3-19(4-2)17-12-13-20(18(17)21)16-11-7-9-14-8-5-6-10-15(14)16/h5-6,8,10,16-17H,3-4,7,9,11-13H2,1-2H3/t16-,17-/m1/s1. The molecule has 1 aromatic carbocycles. The van der Waals surface area contributed by atoms with Gasteiger partial charge in [0.25, 0.3) is 0 Å². The van der Waals surface area contributed by atoms with Gasteiger partial charge >= 0.3 is 0 Å². The summed E-state index contributed by atoms with van der Waals surface area (Å²) in [6.45, 7) is 7.13. The Morgan fingerprint density at radius 2 is 1.95 bits per heavy atom. The van der Waals surface area contributed by atoms with Gasteiger partial charge in [-0.25, -0.2) is 0 Å². The molecule has 3 heteroatoms. The molecule has 1 aromatic rings. The number of rotatable bonds is 4. The average Bonchev–Trinajstić information content (AvgIpc) is 2.90. The Morgan fingerprint density at radius 1 is 1.19 bits per heavy atom. The summed E-state index contributed by atoms with van der Waals surface area (Å²) in [6.07, 6.45) is 4.46. The van der Waals surface area contributed by atoms with Gasteiger partial charge in [-0.2, -0.15) is 0 Å². The molecule has 1 aliphatic carbocycles. The maximum atomic E-state index is 12.9. The second kappa shape index (κ2) is 6.18. The summed E-state index contributed by atoms with van der Waals surface area (Å²) in [4.78, 5) is 17.3. The highest BCUT2D eigenvalue weighted by atomic mass is 16.2. The Morgan fingerprint density at radius 3 is 2.71 bits per heavy atom. The van der Waals surface area contributed by atoms with Crippen LogP contribution in [0.4, 0.5) is 0 Å². The zero-order valence-electron chi connectivity index (χ0n) is 13.2. The van der Waals surface area contributed by atoms with Gasteiger partial charge in [0.05, 0.1) is 12.1 Å². The van der Waals surface area contributed by atoms with Crippen LogP contribution in [0.5, 0.6) is 0 Å². The molecule has 3 rings (SSSR count). The molecule has 1 amide bonds. The summed E-state index contributed by atoms with van der Waals surface area (Å²) >= 11 is 0.